The maximum atomic E-state index is 13.2. The maximum absolute atomic E-state index is 13.2. The Labute approximate surface area is 112 Å². The van der Waals surface area contributed by atoms with Gasteiger partial charge in [-0.15, -0.1) is 0 Å². The van der Waals surface area contributed by atoms with Crippen molar-refractivity contribution in [2.45, 2.75) is 6.54 Å². The summed E-state index contributed by atoms with van der Waals surface area (Å²) < 4.78 is 23.8. The maximum Gasteiger partial charge on any atom is 0.124 e. The Hall–Kier alpha value is -0.780. The molecule has 0 aliphatic carbocycles. The second-order valence-corrected chi connectivity index (χ2v) is 4.75. The Morgan fingerprint density at radius 2 is 2.17 bits per heavy atom. The molecule has 5 heteroatoms. The SMILES string of the molecule is COCCNCc1cc(F)ccc1OCCSC. The number of ether oxygens (including phenoxy) is 2. The fourth-order valence-corrected chi connectivity index (χ4v) is 1.71. The van der Waals surface area contributed by atoms with Crippen molar-refractivity contribution in [2.75, 3.05) is 38.9 Å². The molecule has 0 aliphatic heterocycles. The van der Waals surface area contributed by atoms with Gasteiger partial charge in [0.15, 0.2) is 0 Å². The van der Waals surface area contributed by atoms with Gasteiger partial charge in [0.1, 0.15) is 11.6 Å². The third-order valence-corrected chi connectivity index (χ3v) is 2.94. The van der Waals surface area contributed by atoms with Gasteiger partial charge in [0.25, 0.3) is 0 Å². The summed E-state index contributed by atoms with van der Waals surface area (Å²) >= 11 is 1.72. The molecule has 0 atom stereocenters. The number of rotatable bonds is 9. The highest BCUT2D eigenvalue weighted by Crippen LogP contribution is 2.19. The molecule has 0 unspecified atom stereocenters. The Bertz CT molecular complexity index is 350. The number of benzene rings is 1. The molecule has 0 radical (unpaired) electrons. The molecule has 1 N–H and O–H groups in total. The Morgan fingerprint density at radius 1 is 1.33 bits per heavy atom. The first-order valence-corrected chi connectivity index (χ1v) is 7.27. The van der Waals surface area contributed by atoms with Gasteiger partial charge in [-0.2, -0.15) is 11.8 Å². The average Bonchev–Trinajstić information content (AvgIpc) is 2.37. The zero-order valence-electron chi connectivity index (χ0n) is 10.9. The minimum atomic E-state index is -0.240. The molecule has 1 aromatic rings. The normalized spacial score (nSPS) is 10.6. The van der Waals surface area contributed by atoms with Gasteiger partial charge in [-0.25, -0.2) is 4.39 Å². The van der Waals surface area contributed by atoms with Gasteiger partial charge < -0.3 is 14.8 Å². The van der Waals surface area contributed by atoms with Crippen molar-refractivity contribution in [1.82, 2.24) is 5.32 Å². The summed E-state index contributed by atoms with van der Waals surface area (Å²) in [5.74, 6) is 1.43. The van der Waals surface area contributed by atoms with Crippen LogP contribution in [0.2, 0.25) is 0 Å². The van der Waals surface area contributed by atoms with Crippen molar-refractivity contribution in [3.05, 3.63) is 29.6 Å². The molecule has 102 valence electrons. The lowest BCUT2D eigenvalue weighted by Crippen LogP contribution is -2.19. The summed E-state index contributed by atoms with van der Waals surface area (Å²) in [4.78, 5) is 0. The third-order valence-electron chi connectivity index (χ3n) is 2.37. The summed E-state index contributed by atoms with van der Waals surface area (Å²) in [5.41, 5.74) is 0.840. The molecule has 0 amide bonds. The first-order chi connectivity index (χ1) is 8.77. The lowest BCUT2D eigenvalue weighted by atomic mass is 10.2. The molecule has 0 aliphatic rings. The summed E-state index contributed by atoms with van der Waals surface area (Å²) in [6.45, 7) is 2.59. The van der Waals surface area contributed by atoms with Crippen molar-refractivity contribution in [3.63, 3.8) is 0 Å². The molecule has 0 saturated carbocycles. The number of methoxy groups -OCH3 is 1. The van der Waals surface area contributed by atoms with E-state index in [9.17, 15) is 4.39 Å². The van der Waals surface area contributed by atoms with Crippen LogP contribution in [0, 0.1) is 5.82 Å². The van der Waals surface area contributed by atoms with Gasteiger partial charge in [-0.3, -0.25) is 0 Å². The lowest BCUT2D eigenvalue weighted by Gasteiger charge is -2.12. The fourth-order valence-electron chi connectivity index (χ4n) is 1.46. The molecule has 0 fully saturated rings. The standard InChI is InChI=1S/C13H20FNO2S/c1-16-6-5-15-10-11-9-12(14)3-4-13(11)17-7-8-18-2/h3-4,9,15H,5-8,10H2,1-2H3. The number of thioether (sulfide) groups is 1. The average molecular weight is 273 g/mol. The highest BCUT2D eigenvalue weighted by atomic mass is 32.2. The van der Waals surface area contributed by atoms with Crippen molar-refractivity contribution in [3.8, 4) is 5.75 Å². The topological polar surface area (TPSA) is 30.5 Å². The van der Waals surface area contributed by atoms with Crippen LogP contribution in [-0.4, -0.2) is 38.9 Å². The molecule has 3 nitrogen and oxygen atoms in total. The van der Waals surface area contributed by atoms with Gasteiger partial charge >= 0.3 is 0 Å². The van der Waals surface area contributed by atoms with E-state index in [1.807, 2.05) is 6.26 Å². The number of halogens is 1. The van der Waals surface area contributed by atoms with Crippen molar-refractivity contribution < 1.29 is 13.9 Å². The van der Waals surface area contributed by atoms with E-state index < -0.39 is 0 Å². The van der Waals surface area contributed by atoms with Crippen molar-refractivity contribution >= 4 is 11.8 Å². The molecular weight excluding hydrogens is 253 g/mol. The first kappa shape index (κ1) is 15.3. The van der Waals surface area contributed by atoms with E-state index >= 15 is 0 Å². The lowest BCUT2D eigenvalue weighted by molar-refractivity contribution is 0.199. The van der Waals surface area contributed by atoms with Crippen LogP contribution in [0.25, 0.3) is 0 Å². The quantitative estimate of drug-likeness (QED) is 0.699. The molecule has 18 heavy (non-hydrogen) atoms. The van der Waals surface area contributed by atoms with E-state index in [2.05, 4.69) is 5.32 Å². The van der Waals surface area contributed by atoms with Crippen LogP contribution in [0.5, 0.6) is 5.75 Å². The van der Waals surface area contributed by atoms with Gasteiger partial charge in [0.2, 0.25) is 0 Å². The molecular formula is C13H20FNO2S. The Morgan fingerprint density at radius 3 is 2.89 bits per heavy atom. The highest BCUT2D eigenvalue weighted by Gasteiger charge is 2.05. The van der Waals surface area contributed by atoms with Crippen LogP contribution >= 0.6 is 11.8 Å². The first-order valence-electron chi connectivity index (χ1n) is 5.87. The van der Waals surface area contributed by atoms with Gasteiger partial charge in [0, 0.05) is 31.5 Å². The molecule has 0 saturated heterocycles. The second-order valence-electron chi connectivity index (χ2n) is 3.76. The van der Waals surface area contributed by atoms with E-state index in [1.165, 1.54) is 12.1 Å². The predicted octanol–water partition coefficient (Wildman–Crippen LogP) is 2.30. The van der Waals surface area contributed by atoms with Gasteiger partial charge in [-0.1, -0.05) is 0 Å². The summed E-state index contributed by atoms with van der Waals surface area (Å²) in [6, 6.07) is 4.62. The predicted molar refractivity (Wildman–Crippen MR) is 73.9 cm³/mol. The third kappa shape index (κ3) is 5.71. The van der Waals surface area contributed by atoms with Crippen LogP contribution in [0.15, 0.2) is 18.2 Å². The van der Waals surface area contributed by atoms with Crippen molar-refractivity contribution in [2.24, 2.45) is 0 Å². The van der Waals surface area contributed by atoms with E-state index in [1.54, 1.807) is 24.9 Å². The smallest absolute Gasteiger partial charge is 0.124 e. The highest BCUT2D eigenvalue weighted by molar-refractivity contribution is 7.98. The van der Waals surface area contributed by atoms with E-state index in [0.717, 1.165) is 23.6 Å². The van der Waals surface area contributed by atoms with Gasteiger partial charge in [-0.05, 0) is 24.5 Å². The number of nitrogens with one attached hydrogen (secondary N) is 1. The largest absolute Gasteiger partial charge is 0.492 e. The van der Waals surface area contributed by atoms with E-state index in [0.29, 0.717) is 19.8 Å². The van der Waals surface area contributed by atoms with Crippen LogP contribution in [0.3, 0.4) is 0 Å². The molecule has 1 aromatic carbocycles. The minimum Gasteiger partial charge on any atom is -0.492 e. The Balaban J connectivity index is 2.53. The second kappa shape index (κ2) is 9.19. The summed E-state index contributed by atoms with van der Waals surface area (Å²) in [7, 11) is 1.65. The van der Waals surface area contributed by atoms with E-state index in [4.69, 9.17) is 9.47 Å². The molecule has 1 rings (SSSR count). The summed E-state index contributed by atoms with van der Waals surface area (Å²) in [6.07, 6.45) is 2.03. The zero-order valence-corrected chi connectivity index (χ0v) is 11.7. The molecule has 0 aromatic heterocycles. The Kier molecular flexibility index (Phi) is 7.80. The van der Waals surface area contributed by atoms with Crippen LogP contribution in [0.4, 0.5) is 4.39 Å². The number of hydrogen-bond acceptors (Lipinski definition) is 4. The minimum absolute atomic E-state index is 0.240. The van der Waals surface area contributed by atoms with Crippen LogP contribution < -0.4 is 10.1 Å². The molecule has 0 heterocycles. The van der Waals surface area contributed by atoms with Crippen LogP contribution in [-0.2, 0) is 11.3 Å². The number of hydrogen-bond donors (Lipinski definition) is 1. The molecule has 0 bridgehead atoms. The molecule has 0 spiro atoms. The summed E-state index contributed by atoms with van der Waals surface area (Å²) in [5, 5.41) is 3.18. The van der Waals surface area contributed by atoms with Gasteiger partial charge in [0.05, 0.1) is 13.2 Å². The zero-order chi connectivity index (χ0) is 13.2. The van der Waals surface area contributed by atoms with Crippen LogP contribution in [0.1, 0.15) is 5.56 Å². The fraction of sp³-hybridized carbons (Fsp3) is 0.538. The monoisotopic (exact) mass is 273 g/mol. The van der Waals surface area contributed by atoms with E-state index in [-0.39, 0.29) is 5.82 Å². The van der Waals surface area contributed by atoms with Crippen molar-refractivity contribution in [1.29, 1.82) is 0 Å².